The summed E-state index contributed by atoms with van der Waals surface area (Å²) < 4.78 is 0. The molecule has 3 N–H and O–H groups in total. The number of hydrogen-bond acceptors (Lipinski definition) is 3. The number of fused-ring (bicyclic) bond motifs is 2. The number of para-hydroxylation sites is 1. The summed E-state index contributed by atoms with van der Waals surface area (Å²) in [6.07, 6.45) is 5.80. The summed E-state index contributed by atoms with van der Waals surface area (Å²) in [5.74, 6) is 0.434. The van der Waals surface area contributed by atoms with Crippen LogP contribution in [-0.4, -0.2) is 28.1 Å². The van der Waals surface area contributed by atoms with E-state index in [-0.39, 0.29) is 0 Å². The summed E-state index contributed by atoms with van der Waals surface area (Å²) >= 11 is 0. The van der Waals surface area contributed by atoms with Gasteiger partial charge in [-0.2, -0.15) is 0 Å². The fourth-order valence-electron chi connectivity index (χ4n) is 4.12. The van der Waals surface area contributed by atoms with Crippen LogP contribution in [0.4, 0.5) is 0 Å². The second kappa shape index (κ2) is 5.14. The molecule has 2 fully saturated rings. The number of piperidine rings is 1. The van der Waals surface area contributed by atoms with Crippen LogP contribution in [0.25, 0.3) is 0 Å². The van der Waals surface area contributed by atoms with Gasteiger partial charge in [0.2, 0.25) is 0 Å². The highest BCUT2D eigenvalue weighted by Gasteiger charge is 2.43. The second-order valence-electron chi connectivity index (χ2n) is 6.05. The largest absolute Gasteiger partial charge is 0.508 e. The van der Waals surface area contributed by atoms with Crippen molar-refractivity contribution in [2.75, 3.05) is 0 Å². The SMILES string of the molecule is CCC(c1ccccc1O)N1C2CCC1CC(N)C2. The zero-order valence-corrected chi connectivity index (χ0v) is 11.6. The lowest BCUT2D eigenvalue weighted by Gasteiger charge is -2.43. The smallest absolute Gasteiger partial charge is 0.120 e. The molecule has 2 aliphatic heterocycles. The molecular formula is C16H24N2O. The Balaban J connectivity index is 1.90. The Morgan fingerprint density at radius 1 is 1.26 bits per heavy atom. The zero-order chi connectivity index (χ0) is 13.4. The highest BCUT2D eigenvalue weighted by molar-refractivity contribution is 5.35. The third kappa shape index (κ3) is 2.26. The first kappa shape index (κ1) is 12.9. The molecular weight excluding hydrogens is 236 g/mol. The molecule has 0 spiro atoms. The summed E-state index contributed by atoms with van der Waals surface area (Å²) in [6.45, 7) is 2.21. The van der Waals surface area contributed by atoms with Gasteiger partial charge in [0.25, 0.3) is 0 Å². The lowest BCUT2D eigenvalue weighted by molar-refractivity contribution is 0.0734. The zero-order valence-electron chi connectivity index (χ0n) is 11.6. The molecule has 3 nitrogen and oxygen atoms in total. The van der Waals surface area contributed by atoms with Crippen molar-refractivity contribution in [2.45, 2.75) is 63.2 Å². The Hall–Kier alpha value is -1.06. The number of phenols is 1. The Labute approximate surface area is 115 Å². The van der Waals surface area contributed by atoms with Crippen molar-refractivity contribution in [3.05, 3.63) is 29.8 Å². The van der Waals surface area contributed by atoms with Crippen LogP contribution >= 0.6 is 0 Å². The minimum Gasteiger partial charge on any atom is -0.508 e. The number of nitrogens with zero attached hydrogens (tertiary/aromatic N) is 1. The van der Waals surface area contributed by atoms with Crippen LogP contribution in [0.3, 0.4) is 0 Å². The molecule has 104 valence electrons. The summed E-state index contributed by atoms with van der Waals surface area (Å²) in [5, 5.41) is 10.1. The maximum absolute atomic E-state index is 10.1. The standard InChI is InChI=1S/C16H24N2O/c1-2-15(14-5-3-4-6-16(14)19)18-12-7-8-13(18)10-11(17)9-12/h3-6,11-13,15,19H,2,7-10,17H2,1H3. The molecule has 0 amide bonds. The van der Waals surface area contributed by atoms with E-state index in [9.17, 15) is 5.11 Å². The van der Waals surface area contributed by atoms with Crippen LogP contribution in [0.15, 0.2) is 24.3 Å². The van der Waals surface area contributed by atoms with Gasteiger partial charge in [0.05, 0.1) is 0 Å². The molecule has 0 saturated carbocycles. The third-order valence-corrected chi connectivity index (χ3v) is 4.87. The van der Waals surface area contributed by atoms with E-state index in [1.54, 1.807) is 6.07 Å². The average molecular weight is 260 g/mol. The maximum Gasteiger partial charge on any atom is 0.120 e. The van der Waals surface area contributed by atoms with Crippen molar-refractivity contribution in [1.29, 1.82) is 0 Å². The minimum atomic E-state index is 0.339. The highest BCUT2D eigenvalue weighted by atomic mass is 16.3. The van der Waals surface area contributed by atoms with Gasteiger partial charge in [-0.25, -0.2) is 0 Å². The molecule has 3 unspecified atom stereocenters. The van der Waals surface area contributed by atoms with Crippen molar-refractivity contribution in [3.63, 3.8) is 0 Å². The molecule has 2 aliphatic rings. The highest BCUT2D eigenvalue weighted by Crippen LogP contribution is 2.43. The number of phenolic OH excluding ortho intramolecular Hbond substituents is 1. The van der Waals surface area contributed by atoms with Crippen LogP contribution in [0.5, 0.6) is 5.75 Å². The van der Waals surface area contributed by atoms with E-state index < -0.39 is 0 Å². The molecule has 19 heavy (non-hydrogen) atoms. The van der Waals surface area contributed by atoms with Crippen LogP contribution < -0.4 is 5.73 Å². The number of aromatic hydroxyl groups is 1. The molecule has 3 heteroatoms. The van der Waals surface area contributed by atoms with Gasteiger partial charge >= 0.3 is 0 Å². The van der Waals surface area contributed by atoms with Gasteiger partial charge < -0.3 is 10.8 Å². The van der Waals surface area contributed by atoms with Crippen molar-refractivity contribution in [3.8, 4) is 5.75 Å². The van der Waals surface area contributed by atoms with Gasteiger partial charge in [0.1, 0.15) is 5.75 Å². The van der Waals surface area contributed by atoms with Crippen LogP contribution in [0.1, 0.15) is 50.6 Å². The number of nitrogens with two attached hydrogens (primary N) is 1. The van der Waals surface area contributed by atoms with E-state index in [0.717, 1.165) is 24.8 Å². The summed E-state index contributed by atoms with van der Waals surface area (Å²) in [6, 6.07) is 9.72. The van der Waals surface area contributed by atoms with E-state index in [2.05, 4.69) is 17.9 Å². The molecule has 0 aliphatic carbocycles. The van der Waals surface area contributed by atoms with Crippen molar-refractivity contribution >= 4 is 0 Å². The molecule has 2 heterocycles. The van der Waals surface area contributed by atoms with Crippen molar-refractivity contribution in [2.24, 2.45) is 5.73 Å². The molecule has 3 atom stereocenters. The van der Waals surface area contributed by atoms with Crippen molar-refractivity contribution in [1.82, 2.24) is 4.90 Å². The quantitative estimate of drug-likeness (QED) is 0.878. The molecule has 2 saturated heterocycles. The molecule has 1 aromatic rings. The van der Waals surface area contributed by atoms with E-state index in [4.69, 9.17) is 5.73 Å². The average Bonchev–Trinajstić information content (AvgIpc) is 2.66. The third-order valence-electron chi connectivity index (χ3n) is 4.87. The first-order valence-electron chi connectivity index (χ1n) is 7.51. The maximum atomic E-state index is 10.1. The summed E-state index contributed by atoms with van der Waals surface area (Å²) in [7, 11) is 0. The van der Waals surface area contributed by atoms with Gasteiger partial charge in [-0.15, -0.1) is 0 Å². The molecule has 2 bridgehead atoms. The topological polar surface area (TPSA) is 49.5 Å². The van der Waals surface area contributed by atoms with Gasteiger partial charge in [-0.1, -0.05) is 25.1 Å². The fourth-order valence-corrected chi connectivity index (χ4v) is 4.12. The normalized spacial score (nSPS) is 32.4. The number of benzene rings is 1. The first-order chi connectivity index (χ1) is 9.20. The van der Waals surface area contributed by atoms with Crippen LogP contribution in [-0.2, 0) is 0 Å². The lowest BCUT2D eigenvalue weighted by Crippen LogP contribution is -2.48. The van der Waals surface area contributed by atoms with Gasteiger partial charge in [0, 0.05) is 29.7 Å². The Bertz CT molecular complexity index is 434. The fraction of sp³-hybridized carbons (Fsp3) is 0.625. The second-order valence-corrected chi connectivity index (χ2v) is 6.05. The first-order valence-corrected chi connectivity index (χ1v) is 7.51. The molecule has 1 aromatic carbocycles. The van der Waals surface area contributed by atoms with Crippen molar-refractivity contribution < 1.29 is 5.11 Å². The minimum absolute atomic E-state index is 0.339. The molecule has 3 rings (SSSR count). The number of rotatable bonds is 3. The van der Waals surface area contributed by atoms with E-state index >= 15 is 0 Å². The Kier molecular flexibility index (Phi) is 3.50. The van der Waals surface area contributed by atoms with Crippen LogP contribution in [0, 0.1) is 0 Å². The van der Waals surface area contributed by atoms with Crippen LogP contribution in [0.2, 0.25) is 0 Å². The molecule has 0 aromatic heterocycles. The van der Waals surface area contributed by atoms with E-state index in [1.165, 1.54) is 12.8 Å². The Morgan fingerprint density at radius 3 is 2.47 bits per heavy atom. The van der Waals surface area contributed by atoms with Gasteiger partial charge in [0.15, 0.2) is 0 Å². The predicted molar refractivity (Wildman–Crippen MR) is 77.0 cm³/mol. The summed E-state index contributed by atoms with van der Waals surface area (Å²) in [5.41, 5.74) is 7.23. The monoisotopic (exact) mass is 260 g/mol. The lowest BCUT2D eigenvalue weighted by atomic mass is 9.92. The van der Waals surface area contributed by atoms with E-state index in [0.29, 0.717) is 29.9 Å². The number of hydrogen-bond donors (Lipinski definition) is 2. The molecule has 0 radical (unpaired) electrons. The Morgan fingerprint density at radius 2 is 1.89 bits per heavy atom. The summed E-state index contributed by atoms with van der Waals surface area (Å²) in [4.78, 5) is 2.64. The van der Waals surface area contributed by atoms with Gasteiger partial charge in [-0.3, -0.25) is 4.90 Å². The van der Waals surface area contributed by atoms with E-state index in [1.807, 2.05) is 12.1 Å². The predicted octanol–water partition coefficient (Wildman–Crippen LogP) is 2.80. The van der Waals surface area contributed by atoms with Gasteiger partial charge in [-0.05, 0) is 38.2 Å².